The number of carboxylic acids is 1. The third-order valence-electron chi connectivity index (χ3n) is 4.12. The first-order valence-electron chi connectivity index (χ1n) is 9.26. The number of ether oxygens (including phenoxy) is 2. The number of carbonyl (C=O) groups excluding carboxylic acids is 2. The molecule has 1 heterocycles. The molecule has 2 rings (SSSR count). The summed E-state index contributed by atoms with van der Waals surface area (Å²) in [6.45, 7) is 6.50. The van der Waals surface area contributed by atoms with E-state index in [9.17, 15) is 14.7 Å². The predicted molar refractivity (Wildman–Crippen MR) is 112 cm³/mol. The second-order valence-electron chi connectivity index (χ2n) is 6.24. The van der Waals surface area contributed by atoms with E-state index in [1.165, 1.54) is 6.92 Å². The van der Waals surface area contributed by atoms with E-state index < -0.39 is 17.9 Å². The van der Waals surface area contributed by atoms with Gasteiger partial charge in [-0.1, -0.05) is 49.8 Å². The van der Waals surface area contributed by atoms with Crippen molar-refractivity contribution >= 4 is 46.3 Å². The molecule has 0 radical (unpaired) electrons. The highest BCUT2D eigenvalue weighted by Gasteiger charge is 2.35. The Morgan fingerprint density at radius 3 is 2.68 bits per heavy atom. The Morgan fingerprint density at radius 1 is 1.29 bits per heavy atom. The van der Waals surface area contributed by atoms with Gasteiger partial charge in [0.25, 0.3) is 5.91 Å². The molecule has 1 amide bonds. The van der Waals surface area contributed by atoms with Gasteiger partial charge in [0, 0.05) is 0 Å². The molecule has 0 unspecified atom stereocenters. The van der Waals surface area contributed by atoms with E-state index in [2.05, 4.69) is 6.92 Å². The largest absolute Gasteiger partial charge is 0.548 e. The Hall–Kier alpha value is -2.06. The van der Waals surface area contributed by atoms with Crippen LogP contribution in [0.2, 0.25) is 0 Å². The summed E-state index contributed by atoms with van der Waals surface area (Å²) in [4.78, 5) is 25.1. The lowest BCUT2D eigenvalue weighted by Crippen LogP contribution is -2.48. The number of aliphatic carboxylic acids is 1. The first-order chi connectivity index (χ1) is 13.4. The van der Waals surface area contributed by atoms with Gasteiger partial charge in [0.2, 0.25) is 0 Å². The molecule has 0 aliphatic carbocycles. The van der Waals surface area contributed by atoms with E-state index >= 15 is 0 Å². The first-order valence-corrected chi connectivity index (χ1v) is 10.5. The molecule has 6 nitrogen and oxygen atoms in total. The molecule has 1 atom stereocenters. The molecule has 1 fully saturated rings. The van der Waals surface area contributed by atoms with Crippen molar-refractivity contribution in [1.82, 2.24) is 4.90 Å². The van der Waals surface area contributed by atoms with Crippen LogP contribution in [0.25, 0.3) is 6.08 Å². The van der Waals surface area contributed by atoms with Crippen molar-refractivity contribution < 1.29 is 24.2 Å². The lowest BCUT2D eigenvalue weighted by molar-refractivity contribution is -0.309. The number of thiocarbonyl (C=S) groups is 1. The van der Waals surface area contributed by atoms with Crippen LogP contribution in [0, 0.1) is 0 Å². The van der Waals surface area contributed by atoms with Crippen LogP contribution >= 0.6 is 24.0 Å². The fourth-order valence-electron chi connectivity index (χ4n) is 2.61. The topological polar surface area (TPSA) is 78.9 Å². The van der Waals surface area contributed by atoms with E-state index in [-0.39, 0.29) is 4.32 Å². The zero-order valence-electron chi connectivity index (χ0n) is 16.2. The van der Waals surface area contributed by atoms with Crippen LogP contribution in [0.3, 0.4) is 0 Å². The van der Waals surface area contributed by atoms with Gasteiger partial charge in [-0.15, -0.1) is 0 Å². The van der Waals surface area contributed by atoms with Crippen molar-refractivity contribution in [2.45, 2.75) is 46.1 Å². The quantitative estimate of drug-likeness (QED) is 0.326. The predicted octanol–water partition coefficient (Wildman–Crippen LogP) is 2.99. The standard InChI is InChI=1S/C20H25NO5S2/c1-4-6-7-10-26-15-9-8-14(11-16(15)25-5-2)12-17-18(22)21(20(27)28-17)13(3)19(23)24/h8-9,11-13H,4-7,10H2,1-3H3,(H,23,24)/p-1/b17-12+/t13-/m1/s1. The van der Waals surface area contributed by atoms with Gasteiger partial charge in [0.05, 0.1) is 30.1 Å². The van der Waals surface area contributed by atoms with Crippen LogP contribution in [0.5, 0.6) is 11.5 Å². The van der Waals surface area contributed by atoms with E-state index in [0.717, 1.165) is 41.5 Å². The number of nitrogens with zero attached hydrogens (tertiary/aromatic N) is 1. The summed E-state index contributed by atoms with van der Waals surface area (Å²) < 4.78 is 11.7. The molecule has 1 aromatic rings. The summed E-state index contributed by atoms with van der Waals surface area (Å²) in [6, 6.07) is 4.32. The van der Waals surface area contributed by atoms with Crippen LogP contribution in [0.15, 0.2) is 23.1 Å². The number of hydrogen-bond donors (Lipinski definition) is 0. The number of rotatable bonds is 10. The average molecular weight is 423 g/mol. The van der Waals surface area contributed by atoms with Crippen molar-refractivity contribution in [3.8, 4) is 11.5 Å². The third kappa shape index (κ3) is 5.48. The third-order valence-corrected chi connectivity index (χ3v) is 5.45. The van der Waals surface area contributed by atoms with Gasteiger partial charge in [-0.2, -0.15) is 0 Å². The minimum absolute atomic E-state index is 0.203. The highest BCUT2D eigenvalue weighted by molar-refractivity contribution is 8.26. The minimum atomic E-state index is -1.35. The highest BCUT2D eigenvalue weighted by Crippen LogP contribution is 2.35. The molecule has 1 aliphatic rings. The van der Waals surface area contributed by atoms with E-state index in [1.807, 2.05) is 19.1 Å². The molecular formula is C20H24NO5S2-. The summed E-state index contributed by atoms with van der Waals surface area (Å²) in [5.41, 5.74) is 0.742. The lowest BCUT2D eigenvalue weighted by atomic mass is 10.1. The highest BCUT2D eigenvalue weighted by atomic mass is 32.2. The summed E-state index contributed by atoms with van der Waals surface area (Å²) >= 11 is 6.23. The average Bonchev–Trinajstić information content (AvgIpc) is 2.93. The Morgan fingerprint density at radius 2 is 2.04 bits per heavy atom. The molecule has 1 aliphatic heterocycles. The van der Waals surface area contributed by atoms with Crippen molar-refractivity contribution in [2.24, 2.45) is 0 Å². The SMILES string of the molecule is CCCCCOc1ccc(/C=C2/SC(=S)N([C@H](C)C(=O)[O-])C2=O)cc1OCC. The first kappa shape index (κ1) is 22.2. The fourth-order valence-corrected chi connectivity index (χ4v) is 4.03. The molecule has 0 N–H and O–H groups in total. The van der Waals surface area contributed by atoms with Gasteiger partial charge < -0.3 is 19.4 Å². The van der Waals surface area contributed by atoms with Gasteiger partial charge in [-0.05, 0) is 44.0 Å². The number of amides is 1. The summed E-state index contributed by atoms with van der Waals surface area (Å²) in [5.74, 6) is -0.523. The smallest absolute Gasteiger partial charge is 0.266 e. The van der Waals surface area contributed by atoms with Crippen LogP contribution in [0.1, 0.15) is 45.6 Å². The van der Waals surface area contributed by atoms with Crippen LogP contribution in [-0.4, -0.2) is 40.4 Å². The number of unbranched alkanes of at least 4 members (excludes halogenated alkanes) is 2. The van der Waals surface area contributed by atoms with Crippen molar-refractivity contribution in [3.63, 3.8) is 0 Å². The normalized spacial score (nSPS) is 16.5. The van der Waals surface area contributed by atoms with E-state index in [1.54, 1.807) is 12.1 Å². The van der Waals surface area contributed by atoms with E-state index in [0.29, 0.717) is 29.6 Å². The lowest BCUT2D eigenvalue weighted by Gasteiger charge is -2.23. The van der Waals surface area contributed by atoms with Crippen molar-refractivity contribution in [3.05, 3.63) is 28.7 Å². The van der Waals surface area contributed by atoms with Crippen LogP contribution < -0.4 is 14.6 Å². The molecular weight excluding hydrogens is 398 g/mol. The zero-order valence-corrected chi connectivity index (χ0v) is 17.9. The maximum Gasteiger partial charge on any atom is 0.266 e. The maximum absolute atomic E-state index is 12.5. The molecule has 0 aromatic heterocycles. The monoisotopic (exact) mass is 422 g/mol. The molecule has 8 heteroatoms. The van der Waals surface area contributed by atoms with Gasteiger partial charge in [-0.3, -0.25) is 9.69 Å². The molecule has 152 valence electrons. The van der Waals surface area contributed by atoms with Gasteiger partial charge in [-0.25, -0.2) is 0 Å². The number of carbonyl (C=O) groups is 2. The van der Waals surface area contributed by atoms with Crippen LogP contribution in [0.4, 0.5) is 0 Å². The molecule has 0 bridgehead atoms. The Labute approximate surface area is 174 Å². The van der Waals surface area contributed by atoms with Gasteiger partial charge in [0.15, 0.2) is 11.5 Å². The molecule has 1 aromatic carbocycles. The van der Waals surface area contributed by atoms with Crippen molar-refractivity contribution in [2.75, 3.05) is 13.2 Å². The number of carboxylic acid groups (broad SMARTS) is 1. The Bertz CT molecular complexity index is 778. The number of benzene rings is 1. The van der Waals surface area contributed by atoms with E-state index in [4.69, 9.17) is 21.7 Å². The van der Waals surface area contributed by atoms with Gasteiger partial charge >= 0.3 is 0 Å². The Balaban J connectivity index is 2.21. The van der Waals surface area contributed by atoms with Crippen molar-refractivity contribution in [1.29, 1.82) is 0 Å². The zero-order chi connectivity index (χ0) is 20.7. The number of thioether (sulfide) groups is 1. The maximum atomic E-state index is 12.5. The van der Waals surface area contributed by atoms with Gasteiger partial charge in [0.1, 0.15) is 4.32 Å². The molecule has 1 saturated heterocycles. The molecule has 0 spiro atoms. The van der Waals surface area contributed by atoms with Crippen LogP contribution in [-0.2, 0) is 9.59 Å². The summed E-state index contributed by atoms with van der Waals surface area (Å²) in [7, 11) is 0. The molecule has 28 heavy (non-hydrogen) atoms. The second-order valence-corrected chi connectivity index (χ2v) is 7.92. The summed E-state index contributed by atoms with van der Waals surface area (Å²) in [6.07, 6.45) is 4.87. The fraction of sp³-hybridized carbons (Fsp3) is 0.450. The Kier molecular flexibility index (Phi) is 8.32. The minimum Gasteiger partial charge on any atom is -0.548 e. The number of hydrogen-bond acceptors (Lipinski definition) is 7. The molecule has 0 saturated carbocycles. The second kappa shape index (κ2) is 10.5. The summed E-state index contributed by atoms with van der Waals surface area (Å²) in [5, 5.41) is 11.1.